The van der Waals surface area contributed by atoms with Gasteiger partial charge in [-0.2, -0.15) is 0 Å². The van der Waals surface area contributed by atoms with Gasteiger partial charge in [0.1, 0.15) is 6.10 Å². The summed E-state index contributed by atoms with van der Waals surface area (Å²) in [4.78, 5) is 26.0. The monoisotopic (exact) mass is 860 g/mol. The molecule has 3 N–H and O–H groups in total. The van der Waals surface area contributed by atoms with E-state index in [9.17, 15) is 19.8 Å². The zero-order chi connectivity index (χ0) is 45.2. The van der Waals surface area contributed by atoms with Gasteiger partial charge in [-0.25, -0.2) is 0 Å². The fourth-order valence-electron chi connectivity index (χ4n) is 6.93. The smallest absolute Gasteiger partial charge is 0.306 e. The van der Waals surface area contributed by atoms with Crippen molar-refractivity contribution in [3.63, 3.8) is 0 Å². The summed E-state index contributed by atoms with van der Waals surface area (Å²) in [5.41, 5.74) is 0. The van der Waals surface area contributed by atoms with Crippen LogP contribution < -0.4 is 5.32 Å². The van der Waals surface area contributed by atoms with Crippen molar-refractivity contribution in [2.24, 2.45) is 0 Å². The highest BCUT2D eigenvalue weighted by Gasteiger charge is 2.23. The zero-order valence-electron chi connectivity index (χ0n) is 40.0. The number of ether oxygens (including phenoxy) is 1. The molecule has 0 radical (unpaired) electrons. The summed E-state index contributed by atoms with van der Waals surface area (Å²) < 4.78 is 5.79. The first-order chi connectivity index (χ1) is 30.5. The molecule has 1 amide bonds. The largest absolute Gasteiger partial charge is 0.458 e. The molecule has 0 heterocycles. The van der Waals surface area contributed by atoms with Crippen LogP contribution in [-0.2, 0) is 14.3 Å². The minimum absolute atomic E-state index is 0.0683. The summed E-state index contributed by atoms with van der Waals surface area (Å²) in [5, 5.41) is 23.7. The van der Waals surface area contributed by atoms with Crippen molar-refractivity contribution >= 4 is 11.9 Å². The molecule has 6 heteroatoms. The molecule has 0 fully saturated rings. The third-order valence-electron chi connectivity index (χ3n) is 10.7. The van der Waals surface area contributed by atoms with E-state index in [1.807, 2.05) is 42.5 Å². The Morgan fingerprint density at radius 1 is 0.516 bits per heavy atom. The van der Waals surface area contributed by atoms with Crippen molar-refractivity contribution in [1.82, 2.24) is 5.32 Å². The average Bonchev–Trinajstić information content (AvgIpc) is 3.26. The molecule has 0 aromatic carbocycles. The molecule has 0 rings (SSSR count). The summed E-state index contributed by atoms with van der Waals surface area (Å²) in [7, 11) is 0. The molecule has 0 aliphatic carbocycles. The second kappa shape index (κ2) is 48.6. The Morgan fingerprint density at radius 2 is 0.968 bits per heavy atom. The number of esters is 1. The van der Waals surface area contributed by atoms with Crippen LogP contribution in [0.15, 0.2) is 109 Å². The lowest BCUT2D eigenvalue weighted by Crippen LogP contribution is -2.46. The normalized spacial score (nSPS) is 14.2. The maximum atomic E-state index is 13.2. The van der Waals surface area contributed by atoms with Crippen LogP contribution in [0.4, 0.5) is 0 Å². The molecule has 62 heavy (non-hydrogen) atoms. The summed E-state index contributed by atoms with van der Waals surface area (Å²) >= 11 is 0. The number of aliphatic hydroxyl groups excluding tert-OH is 2. The molecular weight excluding hydrogens is 767 g/mol. The first kappa shape index (κ1) is 58.5. The molecule has 0 saturated carbocycles. The number of unbranched alkanes of at least 4 members (excludes halogenated alkanes) is 18. The van der Waals surface area contributed by atoms with E-state index in [0.29, 0.717) is 19.3 Å². The number of nitrogens with one attached hydrogen (secondary N) is 1. The lowest BCUT2D eigenvalue weighted by molar-refractivity contribution is -0.148. The fourth-order valence-corrected chi connectivity index (χ4v) is 6.93. The molecule has 0 saturated heterocycles. The lowest BCUT2D eigenvalue weighted by atomic mass is 10.0. The molecular formula is C56H93NO5. The minimum Gasteiger partial charge on any atom is -0.458 e. The van der Waals surface area contributed by atoms with Gasteiger partial charge in [-0.15, -0.1) is 0 Å². The van der Waals surface area contributed by atoms with Crippen LogP contribution in [0.25, 0.3) is 0 Å². The van der Waals surface area contributed by atoms with Crippen LogP contribution in [0.2, 0.25) is 0 Å². The van der Waals surface area contributed by atoms with E-state index in [1.54, 1.807) is 6.08 Å². The number of allylic oxidation sites excluding steroid dienone is 17. The molecule has 0 aliphatic heterocycles. The SMILES string of the molecule is CC/C=C/C=C/C=C\C=C/CCCCCC(=O)OC(/C=C/C/C=C/C/C=C/C/C=C/C/C=C/CC)CC(=O)NC(CO)C(O)CCCCCCCCCCCCCCCCCC. The second-order valence-electron chi connectivity index (χ2n) is 16.5. The molecule has 0 bridgehead atoms. The van der Waals surface area contributed by atoms with Crippen LogP contribution in [0.3, 0.4) is 0 Å². The molecule has 6 nitrogen and oxygen atoms in total. The Hall–Kier alpha value is -3.48. The van der Waals surface area contributed by atoms with E-state index in [2.05, 4.69) is 86.8 Å². The predicted octanol–water partition coefficient (Wildman–Crippen LogP) is 15.1. The van der Waals surface area contributed by atoms with Crippen LogP contribution >= 0.6 is 0 Å². The van der Waals surface area contributed by atoms with Gasteiger partial charge in [-0.3, -0.25) is 9.59 Å². The lowest BCUT2D eigenvalue weighted by Gasteiger charge is -2.23. The van der Waals surface area contributed by atoms with Crippen molar-refractivity contribution in [1.29, 1.82) is 0 Å². The molecule has 0 aliphatic rings. The van der Waals surface area contributed by atoms with E-state index in [1.165, 1.54) is 83.5 Å². The van der Waals surface area contributed by atoms with Crippen molar-refractivity contribution in [2.75, 3.05) is 6.61 Å². The van der Waals surface area contributed by atoms with E-state index >= 15 is 0 Å². The van der Waals surface area contributed by atoms with Crippen LogP contribution in [0.1, 0.15) is 207 Å². The van der Waals surface area contributed by atoms with Gasteiger partial charge in [-0.1, -0.05) is 233 Å². The van der Waals surface area contributed by atoms with E-state index < -0.39 is 18.2 Å². The van der Waals surface area contributed by atoms with Gasteiger partial charge in [0.25, 0.3) is 0 Å². The Labute approximate surface area is 381 Å². The maximum absolute atomic E-state index is 13.2. The third kappa shape index (κ3) is 43.2. The molecule has 0 spiro atoms. The highest BCUT2D eigenvalue weighted by Crippen LogP contribution is 2.16. The fraction of sp³-hybridized carbons (Fsp3) is 0.643. The third-order valence-corrected chi connectivity index (χ3v) is 10.7. The van der Waals surface area contributed by atoms with Crippen molar-refractivity contribution in [3.05, 3.63) is 109 Å². The predicted molar refractivity (Wildman–Crippen MR) is 268 cm³/mol. The highest BCUT2D eigenvalue weighted by atomic mass is 16.5. The number of rotatable bonds is 43. The van der Waals surface area contributed by atoms with Gasteiger partial charge < -0.3 is 20.3 Å². The van der Waals surface area contributed by atoms with Crippen LogP contribution in [0, 0.1) is 0 Å². The Kier molecular flexibility index (Phi) is 45.8. The average molecular weight is 860 g/mol. The quantitative estimate of drug-likeness (QED) is 0.0246. The minimum atomic E-state index is -0.832. The van der Waals surface area contributed by atoms with Gasteiger partial charge >= 0.3 is 5.97 Å². The molecule has 0 aromatic rings. The van der Waals surface area contributed by atoms with Crippen LogP contribution in [0.5, 0.6) is 0 Å². The summed E-state index contributed by atoms with van der Waals surface area (Å²) in [5.74, 6) is -0.685. The Morgan fingerprint density at radius 3 is 1.48 bits per heavy atom. The zero-order valence-corrected chi connectivity index (χ0v) is 40.0. The Balaban J connectivity index is 4.76. The highest BCUT2D eigenvalue weighted by molar-refractivity contribution is 5.78. The number of hydrogen-bond donors (Lipinski definition) is 3. The number of aliphatic hydroxyl groups is 2. The maximum Gasteiger partial charge on any atom is 0.306 e. The van der Waals surface area contributed by atoms with Crippen molar-refractivity contribution in [3.8, 4) is 0 Å². The van der Waals surface area contributed by atoms with Gasteiger partial charge in [0.2, 0.25) is 5.91 Å². The van der Waals surface area contributed by atoms with Crippen LogP contribution in [-0.4, -0.2) is 46.9 Å². The first-order valence-electron chi connectivity index (χ1n) is 25.2. The summed E-state index contributed by atoms with van der Waals surface area (Å²) in [6.07, 6.45) is 66.1. The molecule has 352 valence electrons. The van der Waals surface area contributed by atoms with Gasteiger partial charge in [-0.05, 0) is 70.3 Å². The summed E-state index contributed by atoms with van der Waals surface area (Å²) in [6, 6.07) is -0.757. The standard InChI is InChI=1S/C56H93NO5/c1-4-7-10-13-16-19-22-25-27-28-31-33-36-39-42-45-48-54(59)53(51-58)57-55(60)50-52(47-44-41-38-35-32-30-26-23-20-17-14-11-8-5-2)62-56(61)49-46-43-40-37-34-29-24-21-18-15-12-9-6-3/h8-9,11-12,15,17-18,20-21,24,26,29-30,34-35,38,44,47,52-54,58-59H,4-7,10,13-14,16,19,22-23,25,27-28,31-33,36-37,39-43,45-46,48-51H2,1-3H3,(H,57,60)/b11-8+,12-9+,18-15+,20-17+,24-21-,30-26+,34-29-,38-35+,47-44+. The van der Waals surface area contributed by atoms with Gasteiger partial charge in [0.05, 0.1) is 25.2 Å². The summed E-state index contributed by atoms with van der Waals surface area (Å²) in [6.45, 7) is 6.17. The second-order valence-corrected chi connectivity index (χ2v) is 16.5. The van der Waals surface area contributed by atoms with Crippen molar-refractivity contribution < 1.29 is 24.5 Å². The number of amides is 1. The van der Waals surface area contributed by atoms with Gasteiger partial charge in [0.15, 0.2) is 0 Å². The van der Waals surface area contributed by atoms with Crippen molar-refractivity contribution in [2.45, 2.75) is 225 Å². The molecule has 3 atom stereocenters. The first-order valence-corrected chi connectivity index (χ1v) is 25.2. The van der Waals surface area contributed by atoms with Gasteiger partial charge in [0, 0.05) is 6.42 Å². The number of carbonyl (C=O) groups is 2. The number of hydrogen-bond acceptors (Lipinski definition) is 5. The molecule has 0 aromatic heterocycles. The topological polar surface area (TPSA) is 95.9 Å². The Bertz CT molecular complexity index is 1280. The molecule has 3 unspecified atom stereocenters. The van der Waals surface area contributed by atoms with E-state index in [4.69, 9.17) is 4.74 Å². The van der Waals surface area contributed by atoms with E-state index in [0.717, 1.165) is 77.0 Å². The number of carbonyl (C=O) groups excluding carboxylic acids is 2. The van der Waals surface area contributed by atoms with E-state index in [-0.39, 0.29) is 24.9 Å².